The second kappa shape index (κ2) is 4.41. The van der Waals surface area contributed by atoms with E-state index in [0.717, 1.165) is 6.54 Å². The molecular weight excluding hydrogens is 240 g/mol. The number of hydrogen-bond acceptors (Lipinski definition) is 1. The second-order valence-corrected chi connectivity index (χ2v) is 4.87. The van der Waals surface area contributed by atoms with Crippen LogP contribution in [-0.2, 0) is 0 Å². The van der Waals surface area contributed by atoms with Gasteiger partial charge < -0.3 is 0 Å². The summed E-state index contributed by atoms with van der Waals surface area (Å²) in [6.07, 6.45) is 9.16. The molecule has 0 bridgehead atoms. The zero-order chi connectivity index (χ0) is 9.97. The standard InChI is InChI=1S/C11H16BrN2/c1-13-8-10(4-5-11(13)12)9-14-6-2-3-7-14/h4-5,8,11H,1-3,6-7,9H2/q+1. The molecule has 76 valence electrons. The first kappa shape index (κ1) is 10.1. The van der Waals surface area contributed by atoms with E-state index in [2.05, 4.69) is 45.9 Å². The lowest BCUT2D eigenvalue weighted by Gasteiger charge is -2.16. The highest BCUT2D eigenvalue weighted by atomic mass is 79.9. The van der Waals surface area contributed by atoms with Crippen molar-refractivity contribution in [2.75, 3.05) is 19.6 Å². The third kappa shape index (κ3) is 2.34. The van der Waals surface area contributed by atoms with Crippen molar-refractivity contribution in [1.29, 1.82) is 0 Å². The van der Waals surface area contributed by atoms with E-state index in [1.54, 1.807) is 0 Å². The summed E-state index contributed by atoms with van der Waals surface area (Å²) in [5.74, 6) is 0. The minimum atomic E-state index is 0.254. The maximum atomic E-state index is 3.94. The van der Waals surface area contributed by atoms with Gasteiger partial charge in [-0.15, -0.1) is 0 Å². The molecular formula is C11H16BrN2+. The monoisotopic (exact) mass is 255 g/mol. The van der Waals surface area contributed by atoms with E-state index in [9.17, 15) is 0 Å². The molecule has 1 atom stereocenters. The van der Waals surface area contributed by atoms with E-state index in [0.29, 0.717) is 0 Å². The van der Waals surface area contributed by atoms with Crippen molar-refractivity contribution in [3.63, 3.8) is 0 Å². The fourth-order valence-electron chi connectivity index (χ4n) is 1.93. The minimum Gasteiger partial charge on any atom is -0.299 e. The summed E-state index contributed by atoms with van der Waals surface area (Å²) in [7, 11) is 0. The van der Waals surface area contributed by atoms with Crippen molar-refractivity contribution in [2.45, 2.75) is 17.8 Å². The summed E-state index contributed by atoms with van der Waals surface area (Å²) >= 11 is 3.51. The molecule has 0 aromatic heterocycles. The second-order valence-electron chi connectivity index (χ2n) is 3.93. The molecule has 1 saturated heterocycles. The molecule has 1 fully saturated rings. The topological polar surface area (TPSA) is 6.25 Å². The summed E-state index contributed by atoms with van der Waals surface area (Å²) in [5.41, 5.74) is 1.36. The van der Waals surface area contributed by atoms with Gasteiger partial charge in [0.2, 0.25) is 4.95 Å². The number of likely N-dealkylation sites (tertiary alicyclic amines) is 1. The molecule has 0 aliphatic carbocycles. The van der Waals surface area contributed by atoms with Gasteiger partial charge in [0.15, 0.2) is 6.20 Å². The van der Waals surface area contributed by atoms with Crippen LogP contribution in [0.1, 0.15) is 12.8 Å². The smallest absolute Gasteiger partial charge is 0.230 e. The largest absolute Gasteiger partial charge is 0.299 e. The Morgan fingerprint density at radius 3 is 2.86 bits per heavy atom. The first-order valence-electron chi connectivity index (χ1n) is 5.10. The number of halogens is 1. The zero-order valence-electron chi connectivity index (χ0n) is 8.32. The summed E-state index contributed by atoms with van der Waals surface area (Å²) in [6, 6.07) is 0. The molecule has 0 amide bonds. The van der Waals surface area contributed by atoms with Crippen LogP contribution in [0.15, 0.2) is 23.9 Å². The van der Waals surface area contributed by atoms with Crippen molar-refractivity contribution in [3.8, 4) is 0 Å². The van der Waals surface area contributed by atoms with E-state index in [1.807, 2.05) is 4.58 Å². The van der Waals surface area contributed by atoms with Crippen LogP contribution in [-0.4, -0.2) is 40.8 Å². The Morgan fingerprint density at radius 1 is 1.50 bits per heavy atom. The van der Waals surface area contributed by atoms with E-state index in [-0.39, 0.29) is 4.95 Å². The van der Waals surface area contributed by atoms with Crippen LogP contribution in [0.2, 0.25) is 0 Å². The molecule has 2 nitrogen and oxygen atoms in total. The number of alkyl halides is 1. The number of nitrogens with zero attached hydrogens (tertiary/aromatic N) is 2. The summed E-state index contributed by atoms with van der Waals surface area (Å²) in [4.78, 5) is 2.75. The molecule has 2 aliphatic rings. The van der Waals surface area contributed by atoms with E-state index < -0.39 is 0 Å². The lowest BCUT2D eigenvalue weighted by molar-refractivity contribution is -0.450. The third-order valence-electron chi connectivity index (χ3n) is 2.72. The van der Waals surface area contributed by atoms with Gasteiger partial charge in [-0.2, -0.15) is 4.58 Å². The highest BCUT2D eigenvalue weighted by Crippen LogP contribution is 2.16. The zero-order valence-corrected chi connectivity index (χ0v) is 9.91. The van der Waals surface area contributed by atoms with E-state index >= 15 is 0 Å². The summed E-state index contributed by atoms with van der Waals surface area (Å²) < 4.78 is 1.95. The molecule has 2 rings (SSSR count). The van der Waals surface area contributed by atoms with Crippen LogP contribution in [0.4, 0.5) is 0 Å². The van der Waals surface area contributed by atoms with Crippen molar-refractivity contribution in [2.24, 2.45) is 0 Å². The number of hydrogen-bond donors (Lipinski definition) is 0. The van der Waals surface area contributed by atoms with Crippen molar-refractivity contribution in [3.05, 3.63) is 23.9 Å². The molecule has 0 saturated carbocycles. The van der Waals surface area contributed by atoms with Crippen molar-refractivity contribution in [1.82, 2.24) is 4.90 Å². The van der Waals surface area contributed by atoms with Crippen LogP contribution in [0.5, 0.6) is 0 Å². The normalized spacial score (nSPS) is 28.2. The predicted octanol–water partition coefficient (Wildman–Crippen LogP) is 1.97. The van der Waals surface area contributed by atoms with Crippen LogP contribution in [0.25, 0.3) is 0 Å². The molecule has 0 aromatic carbocycles. The maximum Gasteiger partial charge on any atom is 0.230 e. The van der Waals surface area contributed by atoms with Gasteiger partial charge in [-0.25, -0.2) is 0 Å². The Labute approximate surface area is 93.7 Å². The quantitative estimate of drug-likeness (QED) is 0.416. The van der Waals surface area contributed by atoms with Gasteiger partial charge in [-0.1, -0.05) is 0 Å². The van der Waals surface area contributed by atoms with E-state index in [4.69, 9.17) is 0 Å². The maximum absolute atomic E-state index is 3.94. The average Bonchev–Trinajstić information content (AvgIpc) is 2.64. The van der Waals surface area contributed by atoms with Gasteiger partial charge in [0, 0.05) is 12.1 Å². The number of rotatable bonds is 2. The predicted molar refractivity (Wildman–Crippen MR) is 63.0 cm³/mol. The van der Waals surface area contributed by atoms with Crippen LogP contribution in [0, 0.1) is 0 Å². The Bertz CT molecular complexity index is 288. The first-order valence-corrected chi connectivity index (χ1v) is 6.01. The van der Waals surface area contributed by atoms with Gasteiger partial charge in [0.05, 0.1) is 0 Å². The van der Waals surface area contributed by atoms with Crippen LogP contribution >= 0.6 is 15.9 Å². The van der Waals surface area contributed by atoms with Gasteiger partial charge in [-0.05, 0) is 54.0 Å². The molecule has 0 aromatic rings. The molecule has 0 N–H and O–H groups in total. The molecule has 0 radical (unpaired) electrons. The van der Waals surface area contributed by atoms with Gasteiger partial charge >= 0.3 is 0 Å². The van der Waals surface area contributed by atoms with Crippen LogP contribution < -0.4 is 0 Å². The lowest BCUT2D eigenvalue weighted by Crippen LogP contribution is -2.24. The van der Waals surface area contributed by atoms with Crippen LogP contribution in [0.3, 0.4) is 0 Å². The molecule has 0 spiro atoms. The van der Waals surface area contributed by atoms with E-state index in [1.165, 1.54) is 31.5 Å². The lowest BCUT2D eigenvalue weighted by atomic mass is 10.2. The van der Waals surface area contributed by atoms with Gasteiger partial charge in [-0.3, -0.25) is 4.90 Å². The molecule has 2 aliphatic heterocycles. The fraction of sp³-hybridized carbons (Fsp3) is 0.545. The third-order valence-corrected chi connectivity index (χ3v) is 3.55. The van der Waals surface area contributed by atoms with Crippen molar-refractivity contribution >= 4 is 22.6 Å². The highest BCUT2D eigenvalue weighted by molar-refractivity contribution is 9.09. The molecule has 3 heteroatoms. The first-order chi connectivity index (χ1) is 6.75. The Balaban J connectivity index is 1.95. The Morgan fingerprint density at radius 2 is 2.21 bits per heavy atom. The van der Waals surface area contributed by atoms with Gasteiger partial charge in [0.25, 0.3) is 0 Å². The molecule has 1 unspecified atom stereocenters. The SMILES string of the molecule is C=[N+]1C=C(CN2CCCC2)C=CC1Br. The Kier molecular flexibility index (Phi) is 3.19. The van der Waals surface area contributed by atoms with Crippen molar-refractivity contribution < 1.29 is 4.58 Å². The summed E-state index contributed by atoms with van der Waals surface area (Å²) in [6.45, 7) is 7.52. The van der Waals surface area contributed by atoms with Gasteiger partial charge in [0.1, 0.15) is 6.72 Å². The minimum absolute atomic E-state index is 0.254. The summed E-state index contributed by atoms with van der Waals surface area (Å²) in [5, 5.41) is 0. The molecule has 2 heterocycles. The average molecular weight is 256 g/mol. The molecule has 14 heavy (non-hydrogen) atoms. The fourth-order valence-corrected chi connectivity index (χ4v) is 2.20. The highest BCUT2D eigenvalue weighted by Gasteiger charge is 2.18. The Hall–Kier alpha value is -0.410.